The molecule has 3 atom stereocenters. The fourth-order valence-corrected chi connectivity index (χ4v) is 6.84. The molecule has 1 N–H and O–H groups in total. The van der Waals surface area contributed by atoms with Crippen LogP contribution in [0.4, 0.5) is 0 Å². The molecule has 1 unspecified atom stereocenters. The van der Waals surface area contributed by atoms with E-state index in [9.17, 15) is 14.7 Å². The highest BCUT2D eigenvalue weighted by atomic mass is 16.7. The van der Waals surface area contributed by atoms with Gasteiger partial charge in [0, 0.05) is 44.4 Å². The van der Waals surface area contributed by atoms with Crippen LogP contribution in [0, 0.1) is 5.92 Å². The van der Waals surface area contributed by atoms with Crippen LogP contribution in [0.3, 0.4) is 0 Å². The van der Waals surface area contributed by atoms with Crippen molar-refractivity contribution in [3.8, 4) is 17.2 Å². The zero-order valence-electron chi connectivity index (χ0n) is 26.2. The van der Waals surface area contributed by atoms with Crippen molar-refractivity contribution < 1.29 is 33.4 Å². The quantitative estimate of drug-likeness (QED) is 0.329. The zero-order chi connectivity index (χ0) is 30.6. The number of carbonyl (C=O) groups excluding carboxylic acids is 1. The Balaban J connectivity index is 1.39. The lowest BCUT2D eigenvalue weighted by molar-refractivity contribution is -0.870. The lowest BCUT2D eigenvalue weighted by Gasteiger charge is -2.31. The van der Waals surface area contributed by atoms with Crippen molar-refractivity contribution in [1.82, 2.24) is 9.80 Å². The van der Waals surface area contributed by atoms with E-state index in [4.69, 9.17) is 14.2 Å². The summed E-state index contributed by atoms with van der Waals surface area (Å²) in [5, 5.41) is 10.6. The Hall–Kier alpha value is -3.30. The van der Waals surface area contributed by atoms with E-state index in [2.05, 4.69) is 39.0 Å². The minimum atomic E-state index is -0.814. The number of carboxylic acids is 1. The van der Waals surface area contributed by atoms with E-state index in [0.717, 1.165) is 83.7 Å². The number of hydrogen-bond donors (Lipinski definition) is 1. The van der Waals surface area contributed by atoms with E-state index in [0.29, 0.717) is 26.0 Å². The molecule has 234 valence electrons. The van der Waals surface area contributed by atoms with Gasteiger partial charge in [0.2, 0.25) is 12.7 Å². The summed E-state index contributed by atoms with van der Waals surface area (Å²) >= 11 is 0. The summed E-state index contributed by atoms with van der Waals surface area (Å²) < 4.78 is 17.9. The highest BCUT2D eigenvalue weighted by molar-refractivity contribution is 5.79. The molecule has 0 saturated carbocycles. The standard InChI is InChI=1S/C34H47N3O6/c1-5-6-16-35(17-8-18-37(2,3)4)31(38)22-36-21-27(25-12-14-29-26(20-25)15-19-41-29)32(34(39)40)28(36)13-11-24-9-7-10-30-33(24)43-23-42-30/h7,9-10,12,14,20,27-28,32H,5-6,8,11,13,15-19,21-23H2,1-4H3/p+1/t27-,28+,32?/m1/s1. The van der Waals surface area contributed by atoms with E-state index in [-0.39, 0.29) is 31.2 Å². The molecular formula is C34H48N3O6+. The number of carboxylic acid groups (broad SMARTS) is 1. The topological polar surface area (TPSA) is 88.5 Å². The molecule has 1 fully saturated rings. The van der Waals surface area contributed by atoms with Crippen LogP contribution in [0.15, 0.2) is 36.4 Å². The number of quaternary nitrogens is 1. The Morgan fingerprint density at radius 2 is 1.86 bits per heavy atom. The second-order valence-electron chi connectivity index (χ2n) is 13.2. The molecule has 1 amide bonds. The predicted molar refractivity (Wildman–Crippen MR) is 165 cm³/mol. The molecule has 3 aliphatic heterocycles. The van der Waals surface area contributed by atoms with E-state index >= 15 is 0 Å². The van der Waals surface area contributed by atoms with Crippen molar-refractivity contribution in [1.29, 1.82) is 0 Å². The number of carbonyl (C=O) groups is 2. The summed E-state index contributed by atoms with van der Waals surface area (Å²) in [4.78, 5) is 31.0. The molecule has 0 aromatic heterocycles. The number of hydrogen-bond acceptors (Lipinski definition) is 6. The Morgan fingerprint density at radius 3 is 2.63 bits per heavy atom. The molecule has 3 heterocycles. The van der Waals surface area contributed by atoms with E-state index in [1.807, 2.05) is 35.2 Å². The van der Waals surface area contributed by atoms with Crippen LogP contribution in [-0.2, 0) is 22.4 Å². The number of likely N-dealkylation sites (tertiary alicyclic amines) is 1. The van der Waals surface area contributed by atoms with Crippen molar-refractivity contribution in [3.05, 3.63) is 53.1 Å². The number of aliphatic carboxylic acids is 1. The maximum absolute atomic E-state index is 13.9. The molecule has 0 bridgehead atoms. The van der Waals surface area contributed by atoms with Crippen LogP contribution in [-0.4, -0.2) is 105 Å². The fourth-order valence-electron chi connectivity index (χ4n) is 6.84. The highest BCUT2D eigenvalue weighted by Gasteiger charge is 2.47. The molecule has 5 rings (SSSR count). The highest BCUT2D eigenvalue weighted by Crippen LogP contribution is 2.42. The molecular weight excluding hydrogens is 546 g/mol. The number of benzene rings is 2. The lowest BCUT2D eigenvalue weighted by atomic mass is 9.83. The molecule has 0 spiro atoms. The number of rotatable bonds is 14. The van der Waals surface area contributed by atoms with Crippen LogP contribution in [0.5, 0.6) is 17.2 Å². The first-order valence-electron chi connectivity index (χ1n) is 15.8. The van der Waals surface area contributed by atoms with Gasteiger partial charge in [0.1, 0.15) is 5.75 Å². The zero-order valence-corrected chi connectivity index (χ0v) is 26.2. The summed E-state index contributed by atoms with van der Waals surface area (Å²) in [6.07, 6.45) is 4.98. The van der Waals surface area contributed by atoms with Crippen molar-refractivity contribution in [3.63, 3.8) is 0 Å². The predicted octanol–water partition coefficient (Wildman–Crippen LogP) is 4.18. The van der Waals surface area contributed by atoms with Crippen molar-refractivity contribution in [2.24, 2.45) is 5.92 Å². The van der Waals surface area contributed by atoms with Gasteiger partial charge in [-0.2, -0.15) is 0 Å². The minimum Gasteiger partial charge on any atom is -0.493 e. The molecule has 2 aromatic rings. The van der Waals surface area contributed by atoms with Gasteiger partial charge >= 0.3 is 5.97 Å². The van der Waals surface area contributed by atoms with E-state index in [1.165, 1.54) is 0 Å². The van der Waals surface area contributed by atoms with Gasteiger partial charge < -0.3 is 28.7 Å². The van der Waals surface area contributed by atoms with Gasteiger partial charge in [-0.3, -0.25) is 14.5 Å². The summed E-state index contributed by atoms with van der Waals surface area (Å²) in [5.74, 6) is 0.777. The minimum absolute atomic E-state index is 0.0873. The molecule has 1 saturated heterocycles. The summed E-state index contributed by atoms with van der Waals surface area (Å²) in [5.41, 5.74) is 3.15. The van der Waals surface area contributed by atoms with Crippen LogP contribution >= 0.6 is 0 Å². The van der Waals surface area contributed by atoms with Gasteiger partial charge in [-0.1, -0.05) is 37.6 Å². The van der Waals surface area contributed by atoms with Crippen LogP contribution in [0.2, 0.25) is 0 Å². The van der Waals surface area contributed by atoms with Crippen molar-refractivity contribution in [2.75, 3.05) is 67.3 Å². The Morgan fingerprint density at radius 1 is 1.05 bits per heavy atom. The smallest absolute Gasteiger partial charge is 0.308 e. The maximum atomic E-state index is 13.9. The molecule has 9 nitrogen and oxygen atoms in total. The number of amides is 1. The Kier molecular flexibility index (Phi) is 9.82. The van der Waals surface area contributed by atoms with Crippen molar-refractivity contribution in [2.45, 2.75) is 57.4 Å². The van der Waals surface area contributed by atoms with Crippen LogP contribution in [0.1, 0.15) is 55.2 Å². The van der Waals surface area contributed by atoms with Gasteiger partial charge in [0.25, 0.3) is 0 Å². The number of nitrogens with zero attached hydrogens (tertiary/aromatic N) is 3. The number of para-hydroxylation sites is 1. The Labute approximate surface area is 255 Å². The SMILES string of the molecule is CCCCN(CCC[N+](C)(C)C)C(=O)CN1C[C@H](c2ccc3c(c2)CCO3)C(C(=O)O)[C@@H]1CCc1cccc2c1OCO2. The number of fused-ring (bicyclic) bond motifs is 2. The second kappa shape index (κ2) is 13.6. The second-order valence-corrected chi connectivity index (χ2v) is 13.2. The normalized spacial score (nSPS) is 21.1. The number of ether oxygens (including phenoxy) is 3. The third-order valence-corrected chi connectivity index (χ3v) is 9.09. The number of aryl methyl sites for hydroxylation is 1. The van der Waals surface area contributed by atoms with Gasteiger partial charge in [-0.25, -0.2) is 0 Å². The van der Waals surface area contributed by atoms with Gasteiger partial charge in [-0.05, 0) is 48.1 Å². The summed E-state index contributed by atoms with van der Waals surface area (Å²) in [7, 11) is 6.51. The first-order chi connectivity index (χ1) is 20.6. The Bertz CT molecular complexity index is 1290. The first kappa shape index (κ1) is 31.1. The maximum Gasteiger partial charge on any atom is 0.308 e. The molecule has 9 heteroatoms. The molecule has 0 aliphatic carbocycles. The van der Waals surface area contributed by atoms with Gasteiger partial charge in [0.15, 0.2) is 11.5 Å². The van der Waals surface area contributed by atoms with Gasteiger partial charge in [-0.15, -0.1) is 0 Å². The molecule has 0 radical (unpaired) electrons. The van der Waals surface area contributed by atoms with Crippen LogP contribution in [0.25, 0.3) is 0 Å². The third kappa shape index (κ3) is 7.44. The lowest BCUT2D eigenvalue weighted by Crippen LogP contribution is -2.45. The molecule has 2 aromatic carbocycles. The van der Waals surface area contributed by atoms with E-state index < -0.39 is 11.9 Å². The first-order valence-corrected chi connectivity index (χ1v) is 15.8. The van der Waals surface area contributed by atoms with Crippen molar-refractivity contribution >= 4 is 11.9 Å². The van der Waals surface area contributed by atoms with E-state index in [1.54, 1.807) is 0 Å². The fraction of sp³-hybridized carbons (Fsp3) is 0.588. The molecule has 43 heavy (non-hydrogen) atoms. The monoisotopic (exact) mass is 594 g/mol. The van der Waals surface area contributed by atoms with Crippen LogP contribution < -0.4 is 14.2 Å². The number of unbranched alkanes of at least 4 members (excludes halogenated alkanes) is 1. The summed E-state index contributed by atoms with van der Waals surface area (Å²) in [6, 6.07) is 11.7. The average molecular weight is 595 g/mol. The largest absolute Gasteiger partial charge is 0.493 e. The average Bonchev–Trinajstić information content (AvgIpc) is 3.71. The van der Waals surface area contributed by atoms with Gasteiger partial charge in [0.05, 0.1) is 46.8 Å². The third-order valence-electron chi connectivity index (χ3n) is 9.09. The summed E-state index contributed by atoms with van der Waals surface area (Å²) in [6.45, 7) is 6.18. The molecule has 3 aliphatic rings.